The SMILES string of the molecule is Cc1c(C#N)c(Nc2ccc(S(=O)(=O)O)cc2)nc(Nc2ccc(S(=O)(=O)O)cc2)c1N=Nc1sc(N=Nc2ccc3c(S(=O)(=O)O)cc(SOOO)cc3c2)c(-c2ccccc2)c1C#N. The second kappa shape index (κ2) is 19.2. The molecule has 7 aromatic rings. The van der Waals surface area contributed by atoms with Crippen molar-refractivity contribution < 1.29 is 53.5 Å². The van der Waals surface area contributed by atoms with E-state index in [4.69, 9.17) is 5.26 Å². The third-order valence-electron chi connectivity index (χ3n) is 9.21. The number of thiophene rings is 1. The monoisotopic (exact) mass is 985 g/mol. The lowest BCUT2D eigenvalue weighted by atomic mass is 10.0. The van der Waals surface area contributed by atoms with Crippen molar-refractivity contribution in [2.45, 2.75) is 26.5 Å². The summed E-state index contributed by atoms with van der Waals surface area (Å²) in [5.74, 6) is -0.0606. The van der Waals surface area contributed by atoms with Gasteiger partial charge in [0.05, 0.1) is 33.1 Å². The van der Waals surface area contributed by atoms with Gasteiger partial charge in [-0.15, -0.1) is 24.8 Å². The number of rotatable bonds is 15. The summed E-state index contributed by atoms with van der Waals surface area (Å²) in [5.41, 5.74) is 1.86. The van der Waals surface area contributed by atoms with Crippen molar-refractivity contribution in [1.82, 2.24) is 4.98 Å². The summed E-state index contributed by atoms with van der Waals surface area (Å²) in [7, 11) is -13.8. The predicted octanol–water partition coefficient (Wildman–Crippen LogP) is 10.5. The number of benzene rings is 5. The minimum Gasteiger partial charge on any atom is -0.339 e. The molecular weight excluding hydrogens is 959 g/mol. The molecule has 0 saturated carbocycles. The van der Waals surface area contributed by atoms with Gasteiger partial charge in [0.25, 0.3) is 30.4 Å². The molecule has 0 aliphatic heterocycles. The van der Waals surface area contributed by atoms with Crippen molar-refractivity contribution in [3.63, 3.8) is 0 Å². The lowest BCUT2D eigenvalue weighted by molar-refractivity contribution is -0.432. The van der Waals surface area contributed by atoms with Gasteiger partial charge in [-0.05, 0) is 90.7 Å². The van der Waals surface area contributed by atoms with Gasteiger partial charge >= 0.3 is 0 Å². The summed E-state index contributed by atoms with van der Waals surface area (Å²) < 4.78 is 104. The van der Waals surface area contributed by atoms with E-state index in [2.05, 4.69) is 57.6 Å². The molecule has 2 heterocycles. The van der Waals surface area contributed by atoms with E-state index in [1.165, 1.54) is 48.5 Å². The Morgan fingerprint density at radius 1 is 0.682 bits per heavy atom. The number of aromatic nitrogens is 1. The largest absolute Gasteiger partial charge is 0.339 e. The van der Waals surface area contributed by atoms with E-state index in [0.29, 0.717) is 23.2 Å². The quantitative estimate of drug-likeness (QED) is 0.0183. The van der Waals surface area contributed by atoms with Crippen molar-refractivity contribution in [1.29, 1.82) is 10.5 Å². The molecule has 0 spiro atoms. The molecule has 334 valence electrons. The number of hydrogen-bond donors (Lipinski definition) is 6. The normalized spacial score (nSPS) is 12.1. The van der Waals surface area contributed by atoms with E-state index in [-0.39, 0.29) is 81.6 Å². The summed E-state index contributed by atoms with van der Waals surface area (Å²) in [6.45, 7) is 1.54. The molecule has 0 radical (unpaired) electrons. The maximum absolute atomic E-state index is 12.2. The fourth-order valence-electron chi connectivity index (χ4n) is 6.22. The van der Waals surface area contributed by atoms with Crippen molar-refractivity contribution in [2.75, 3.05) is 10.6 Å². The van der Waals surface area contributed by atoms with Crippen LogP contribution in [0.5, 0.6) is 0 Å². The van der Waals surface area contributed by atoms with Crippen LogP contribution in [0.1, 0.15) is 16.7 Å². The Kier molecular flexibility index (Phi) is 13.6. The maximum Gasteiger partial charge on any atom is 0.295 e. The van der Waals surface area contributed by atoms with E-state index in [0.717, 1.165) is 41.7 Å². The highest BCUT2D eigenvalue weighted by atomic mass is 32.2. The first-order chi connectivity index (χ1) is 31.4. The second-order valence-electron chi connectivity index (χ2n) is 13.4. The molecule has 0 saturated heterocycles. The number of fused-ring (bicyclic) bond motifs is 1. The Morgan fingerprint density at radius 3 is 1.83 bits per heavy atom. The third-order valence-corrected chi connectivity index (χ3v) is 13.4. The molecule has 6 N–H and O–H groups in total. The lowest BCUT2D eigenvalue weighted by Gasteiger charge is -2.16. The zero-order valence-corrected chi connectivity index (χ0v) is 37.2. The number of hydrogen-bond acceptors (Lipinski definition) is 20. The topological polar surface area (TPSA) is 336 Å². The van der Waals surface area contributed by atoms with Gasteiger partial charge in [0.1, 0.15) is 33.3 Å². The molecule has 0 amide bonds. The molecule has 7 rings (SSSR count). The minimum absolute atomic E-state index is 0.00619. The molecule has 0 aliphatic rings. The third kappa shape index (κ3) is 10.6. The first-order valence-electron chi connectivity index (χ1n) is 18.2. The van der Waals surface area contributed by atoms with E-state index < -0.39 is 40.1 Å². The molecule has 66 heavy (non-hydrogen) atoms. The molecule has 21 nitrogen and oxygen atoms in total. The molecular formula is C40H27N9O12S5. The van der Waals surface area contributed by atoms with Crippen LogP contribution in [0.15, 0.2) is 149 Å². The second-order valence-corrected chi connectivity index (χ2v) is 19.4. The van der Waals surface area contributed by atoms with Crippen molar-refractivity contribution in [2.24, 2.45) is 20.5 Å². The van der Waals surface area contributed by atoms with Gasteiger partial charge in [0, 0.05) is 32.8 Å². The number of nitrogens with zero attached hydrogens (tertiary/aromatic N) is 7. The summed E-state index contributed by atoms with van der Waals surface area (Å²) in [4.78, 5) is 3.50. The predicted molar refractivity (Wildman–Crippen MR) is 240 cm³/mol. The molecule has 0 fully saturated rings. The highest BCUT2D eigenvalue weighted by Crippen LogP contribution is 2.49. The molecule has 0 aliphatic carbocycles. The van der Waals surface area contributed by atoms with Gasteiger partial charge in [-0.3, -0.25) is 13.7 Å². The first kappa shape index (κ1) is 46.9. The Labute approximate surface area is 382 Å². The summed E-state index contributed by atoms with van der Waals surface area (Å²) >= 11 is 1.40. The fraction of sp³-hybridized carbons (Fsp3) is 0.0250. The summed E-state index contributed by atoms with van der Waals surface area (Å²) in [6, 6.07) is 29.7. The van der Waals surface area contributed by atoms with E-state index in [1.807, 2.05) is 0 Å². The standard InChI is InChI=1S/C40H27N9O12S5/c1-22-32(20-41)37(43-25-7-12-29(13-8-25)64(51,52)53)45-38(44-26-9-14-30(15-10-26)65(54,55)56)36(22)47-48-39-33(21-42)35(23-5-3-2-4-6-23)40(62-39)49-46-27-11-16-31-24(17-27)18-28(63-61-60-50)19-34(31)66(57,58)59/h2-19,50H,1H3,(H2,43,44,45)(H,51,52,53)(H,54,55,56)(H,57,58,59). The molecule has 0 atom stereocenters. The van der Waals surface area contributed by atoms with Crippen LogP contribution in [0.4, 0.5) is 44.4 Å². The van der Waals surface area contributed by atoms with Gasteiger partial charge in [-0.2, -0.15) is 35.8 Å². The van der Waals surface area contributed by atoms with E-state index >= 15 is 0 Å². The van der Waals surface area contributed by atoms with E-state index in [9.17, 15) is 49.4 Å². The summed E-state index contributed by atoms with van der Waals surface area (Å²) in [6.07, 6.45) is 0. The Morgan fingerprint density at radius 2 is 1.27 bits per heavy atom. The van der Waals surface area contributed by atoms with Gasteiger partial charge in [0.2, 0.25) is 0 Å². The minimum atomic E-state index is -4.72. The van der Waals surface area contributed by atoms with Crippen LogP contribution in [0, 0.1) is 29.6 Å². The van der Waals surface area contributed by atoms with Gasteiger partial charge in [0.15, 0.2) is 16.6 Å². The van der Waals surface area contributed by atoms with Crippen LogP contribution in [0.25, 0.3) is 21.9 Å². The van der Waals surface area contributed by atoms with Gasteiger partial charge in [-0.1, -0.05) is 52.8 Å². The fourth-order valence-corrected chi connectivity index (χ4v) is 9.36. The van der Waals surface area contributed by atoms with Gasteiger partial charge < -0.3 is 10.6 Å². The zero-order valence-electron chi connectivity index (χ0n) is 33.1. The van der Waals surface area contributed by atoms with E-state index in [1.54, 1.807) is 37.3 Å². The Bertz CT molecular complexity index is 3520. The number of azo groups is 2. The number of nitriles is 2. The highest BCUT2D eigenvalue weighted by Gasteiger charge is 2.23. The highest BCUT2D eigenvalue weighted by molar-refractivity contribution is 7.94. The van der Waals surface area contributed by atoms with Gasteiger partial charge in [-0.25, -0.2) is 10.2 Å². The lowest BCUT2D eigenvalue weighted by Crippen LogP contribution is -2.05. The van der Waals surface area contributed by atoms with Crippen LogP contribution in [-0.4, -0.2) is 49.2 Å². The maximum atomic E-state index is 12.2. The number of nitrogens with one attached hydrogen (secondary N) is 2. The van der Waals surface area contributed by atoms with Crippen LogP contribution >= 0.6 is 23.4 Å². The Balaban J connectivity index is 1.33. The number of anilines is 4. The van der Waals surface area contributed by atoms with Crippen molar-refractivity contribution in [3.8, 4) is 23.3 Å². The average Bonchev–Trinajstić information content (AvgIpc) is 3.64. The average molecular weight is 986 g/mol. The molecule has 26 heteroatoms. The zero-order chi connectivity index (χ0) is 47.4. The summed E-state index contributed by atoms with van der Waals surface area (Å²) in [5, 5.41) is 57.5. The molecule has 0 bridgehead atoms. The number of pyridine rings is 1. The smallest absolute Gasteiger partial charge is 0.295 e. The van der Waals surface area contributed by atoms with Crippen molar-refractivity contribution >= 4 is 109 Å². The molecule has 0 unspecified atom stereocenters. The van der Waals surface area contributed by atoms with Crippen LogP contribution < -0.4 is 10.6 Å². The molecule has 2 aromatic heterocycles. The Hall–Kier alpha value is -7.05. The van der Waals surface area contributed by atoms with Crippen LogP contribution in [0.3, 0.4) is 0 Å². The molecule has 5 aromatic carbocycles. The van der Waals surface area contributed by atoms with Crippen LogP contribution in [-0.2, 0) is 39.7 Å². The first-order valence-corrected chi connectivity index (χ1v) is 24.1. The van der Waals surface area contributed by atoms with Crippen LogP contribution in [0.2, 0.25) is 0 Å². The van der Waals surface area contributed by atoms with Crippen molar-refractivity contribution in [3.05, 3.63) is 126 Å².